The van der Waals surface area contributed by atoms with Gasteiger partial charge in [-0.2, -0.15) is 0 Å². The number of rotatable bonds is 5. The number of hydrogen-bond acceptors (Lipinski definition) is 2. The molecule has 6 heteroatoms. The summed E-state index contributed by atoms with van der Waals surface area (Å²) < 4.78 is 19.4. The fraction of sp³-hybridized carbons (Fsp3) is 0.133. The number of amides is 1. The van der Waals surface area contributed by atoms with E-state index in [4.69, 9.17) is 16.3 Å². The van der Waals surface area contributed by atoms with E-state index in [0.717, 1.165) is 0 Å². The van der Waals surface area contributed by atoms with Gasteiger partial charge in [0.25, 0.3) is 5.91 Å². The fourth-order valence-corrected chi connectivity index (χ4v) is 2.42. The Morgan fingerprint density at radius 2 is 2.05 bits per heavy atom. The van der Waals surface area contributed by atoms with Crippen molar-refractivity contribution in [1.82, 2.24) is 5.32 Å². The number of nitrogens with one attached hydrogen (secondary N) is 1. The molecule has 0 aromatic heterocycles. The molecule has 1 N–H and O–H groups in total. The summed E-state index contributed by atoms with van der Waals surface area (Å²) in [7, 11) is 0. The molecule has 0 saturated carbocycles. The van der Waals surface area contributed by atoms with Crippen molar-refractivity contribution < 1.29 is 13.9 Å². The van der Waals surface area contributed by atoms with Crippen LogP contribution in [0.3, 0.4) is 0 Å². The van der Waals surface area contributed by atoms with Gasteiger partial charge < -0.3 is 10.1 Å². The number of carbonyl (C=O) groups excluding carboxylic acids is 1. The Kier molecular flexibility index (Phi) is 5.59. The van der Waals surface area contributed by atoms with Crippen molar-refractivity contribution in [1.29, 1.82) is 0 Å². The van der Waals surface area contributed by atoms with E-state index in [0.29, 0.717) is 20.8 Å². The monoisotopic (exact) mass is 371 g/mol. The zero-order valence-electron chi connectivity index (χ0n) is 10.9. The Labute approximate surface area is 135 Å². The molecule has 0 bridgehead atoms. The molecule has 0 atom stereocenters. The van der Waals surface area contributed by atoms with E-state index in [1.165, 1.54) is 6.07 Å². The lowest BCUT2D eigenvalue weighted by atomic mass is 10.2. The van der Waals surface area contributed by atoms with Gasteiger partial charge in [-0.3, -0.25) is 4.79 Å². The average molecular weight is 373 g/mol. The van der Waals surface area contributed by atoms with Crippen LogP contribution >= 0.6 is 27.5 Å². The van der Waals surface area contributed by atoms with Crippen molar-refractivity contribution in [3.05, 3.63) is 63.3 Å². The highest BCUT2D eigenvalue weighted by Crippen LogP contribution is 2.27. The molecule has 0 aliphatic rings. The maximum atomic E-state index is 13.4. The van der Waals surface area contributed by atoms with Crippen LogP contribution in [0, 0.1) is 5.82 Å². The fourth-order valence-electron chi connectivity index (χ4n) is 1.62. The number of carbonyl (C=O) groups is 1. The van der Waals surface area contributed by atoms with E-state index in [2.05, 4.69) is 21.2 Å². The first-order valence-electron chi connectivity index (χ1n) is 6.14. The van der Waals surface area contributed by atoms with E-state index in [-0.39, 0.29) is 24.9 Å². The summed E-state index contributed by atoms with van der Waals surface area (Å²) in [5.41, 5.74) is 0.429. The van der Waals surface area contributed by atoms with Gasteiger partial charge in [0.15, 0.2) is 6.61 Å². The van der Waals surface area contributed by atoms with Crippen molar-refractivity contribution in [3.8, 4) is 5.75 Å². The molecule has 0 saturated heterocycles. The Morgan fingerprint density at radius 3 is 2.76 bits per heavy atom. The van der Waals surface area contributed by atoms with Crippen LogP contribution < -0.4 is 10.1 Å². The molecule has 0 heterocycles. The quantitative estimate of drug-likeness (QED) is 0.863. The molecular formula is C15H12BrClFNO2. The molecule has 0 spiro atoms. The van der Waals surface area contributed by atoms with E-state index in [1.807, 2.05) is 0 Å². The Bertz CT molecular complexity index is 651. The highest BCUT2D eigenvalue weighted by atomic mass is 79.9. The zero-order chi connectivity index (χ0) is 15.2. The highest BCUT2D eigenvalue weighted by Gasteiger charge is 2.07. The number of benzene rings is 2. The molecule has 0 aliphatic carbocycles. The summed E-state index contributed by atoms with van der Waals surface area (Å²) in [6.45, 7) is -0.0364. The third kappa shape index (κ3) is 4.72. The van der Waals surface area contributed by atoms with Crippen molar-refractivity contribution in [2.75, 3.05) is 6.61 Å². The molecule has 3 nitrogen and oxygen atoms in total. The van der Waals surface area contributed by atoms with Crippen LogP contribution in [-0.2, 0) is 11.3 Å². The van der Waals surface area contributed by atoms with E-state index >= 15 is 0 Å². The molecule has 1 amide bonds. The summed E-state index contributed by atoms with van der Waals surface area (Å²) in [6, 6.07) is 11.3. The highest BCUT2D eigenvalue weighted by molar-refractivity contribution is 9.10. The summed E-state index contributed by atoms with van der Waals surface area (Å²) in [4.78, 5) is 11.7. The molecular weight excluding hydrogens is 361 g/mol. The zero-order valence-corrected chi connectivity index (χ0v) is 13.2. The van der Waals surface area contributed by atoms with Crippen molar-refractivity contribution >= 4 is 33.4 Å². The normalized spacial score (nSPS) is 10.2. The topological polar surface area (TPSA) is 38.3 Å². The van der Waals surface area contributed by atoms with Crippen LogP contribution in [-0.4, -0.2) is 12.5 Å². The second-order valence-corrected chi connectivity index (χ2v) is 5.52. The molecule has 0 fully saturated rings. The minimum absolute atomic E-state index is 0.122. The first-order valence-corrected chi connectivity index (χ1v) is 7.31. The number of hydrogen-bond donors (Lipinski definition) is 1. The standard InChI is InChI=1S/C15H12BrClFNO2/c16-12-7-11(17)5-6-14(12)21-9-15(20)19-8-10-3-1-2-4-13(10)18/h1-7H,8-9H2,(H,19,20). The van der Waals surface area contributed by atoms with E-state index in [1.54, 1.807) is 36.4 Å². The minimum atomic E-state index is -0.348. The van der Waals surface area contributed by atoms with Crippen LogP contribution in [0.2, 0.25) is 5.02 Å². The van der Waals surface area contributed by atoms with Crippen LogP contribution in [0.25, 0.3) is 0 Å². The van der Waals surface area contributed by atoms with Gasteiger partial charge in [-0.05, 0) is 40.2 Å². The van der Waals surface area contributed by atoms with Crippen molar-refractivity contribution in [2.24, 2.45) is 0 Å². The third-order valence-corrected chi connectivity index (χ3v) is 3.54. The molecule has 2 rings (SSSR count). The first kappa shape index (κ1) is 15.8. The Morgan fingerprint density at radius 1 is 1.29 bits per heavy atom. The van der Waals surface area contributed by atoms with Crippen molar-refractivity contribution in [2.45, 2.75) is 6.54 Å². The van der Waals surface area contributed by atoms with Crippen LogP contribution in [0.4, 0.5) is 4.39 Å². The van der Waals surface area contributed by atoms with Crippen LogP contribution in [0.1, 0.15) is 5.56 Å². The summed E-state index contributed by atoms with van der Waals surface area (Å²) >= 11 is 9.10. The smallest absolute Gasteiger partial charge is 0.258 e. The van der Waals surface area contributed by atoms with Gasteiger partial charge in [0.05, 0.1) is 4.47 Å². The largest absolute Gasteiger partial charge is 0.483 e. The van der Waals surface area contributed by atoms with Crippen LogP contribution in [0.5, 0.6) is 5.75 Å². The first-order chi connectivity index (χ1) is 10.1. The molecule has 0 radical (unpaired) electrons. The molecule has 0 unspecified atom stereocenters. The predicted molar refractivity (Wildman–Crippen MR) is 82.9 cm³/mol. The molecule has 0 aliphatic heterocycles. The average Bonchev–Trinajstić information content (AvgIpc) is 2.45. The molecule has 110 valence electrons. The van der Waals surface area contributed by atoms with E-state index in [9.17, 15) is 9.18 Å². The second kappa shape index (κ2) is 7.43. The maximum Gasteiger partial charge on any atom is 0.258 e. The van der Waals surface area contributed by atoms with Gasteiger partial charge in [0.1, 0.15) is 11.6 Å². The Hall–Kier alpha value is -1.59. The lowest BCUT2D eigenvalue weighted by molar-refractivity contribution is -0.123. The van der Waals surface area contributed by atoms with Gasteiger partial charge in [-0.1, -0.05) is 29.8 Å². The second-order valence-electron chi connectivity index (χ2n) is 4.23. The maximum absolute atomic E-state index is 13.4. The van der Waals surface area contributed by atoms with E-state index < -0.39 is 0 Å². The van der Waals surface area contributed by atoms with Gasteiger partial charge in [0, 0.05) is 17.1 Å². The summed E-state index contributed by atoms with van der Waals surface area (Å²) in [5, 5.41) is 3.16. The van der Waals surface area contributed by atoms with Gasteiger partial charge in [-0.25, -0.2) is 4.39 Å². The molecule has 2 aromatic carbocycles. The third-order valence-electron chi connectivity index (χ3n) is 2.69. The van der Waals surface area contributed by atoms with Crippen LogP contribution in [0.15, 0.2) is 46.9 Å². The number of halogens is 3. The number of ether oxygens (including phenoxy) is 1. The lowest BCUT2D eigenvalue weighted by Gasteiger charge is -2.09. The Balaban J connectivity index is 1.84. The molecule has 2 aromatic rings. The lowest BCUT2D eigenvalue weighted by Crippen LogP contribution is -2.28. The van der Waals surface area contributed by atoms with Gasteiger partial charge in [0.2, 0.25) is 0 Å². The minimum Gasteiger partial charge on any atom is -0.483 e. The SMILES string of the molecule is O=C(COc1ccc(Cl)cc1Br)NCc1ccccc1F. The van der Waals surface area contributed by atoms with Gasteiger partial charge >= 0.3 is 0 Å². The summed E-state index contributed by atoms with van der Waals surface area (Å²) in [6.07, 6.45) is 0. The summed E-state index contributed by atoms with van der Waals surface area (Å²) in [5.74, 6) is -0.167. The van der Waals surface area contributed by atoms with Crippen molar-refractivity contribution in [3.63, 3.8) is 0 Å². The predicted octanol–water partition coefficient (Wildman–Crippen LogP) is 3.94. The molecule has 21 heavy (non-hydrogen) atoms. The van der Waals surface area contributed by atoms with Gasteiger partial charge in [-0.15, -0.1) is 0 Å².